The summed E-state index contributed by atoms with van der Waals surface area (Å²) in [7, 11) is 0. The van der Waals surface area contributed by atoms with Gasteiger partial charge in [-0.1, -0.05) is 13.8 Å². The maximum Gasteiger partial charge on any atom is 0.162 e. The fourth-order valence-corrected chi connectivity index (χ4v) is 2.73. The minimum atomic E-state index is 0.258. The molecule has 1 saturated carbocycles. The van der Waals surface area contributed by atoms with E-state index in [0.717, 1.165) is 24.5 Å². The highest BCUT2D eigenvalue weighted by Crippen LogP contribution is 2.35. The maximum absolute atomic E-state index is 8.96. The SMILES string of the molecule is CCOc1cc(C#N)ccc1OC1CCC(C)C(C)C1. The van der Waals surface area contributed by atoms with Crippen LogP contribution in [0.3, 0.4) is 0 Å². The van der Waals surface area contributed by atoms with Crippen LogP contribution >= 0.6 is 0 Å². The van der Waals surface area contributed by atoms with Crippen LogP contribution in [0.1, 0.15) is 45.6 Å². The van der Waals surface area contributed by atoms with Crippen LogP contribution in [0.25, 0.3) is 0 Å². The van der Waals surface area contributed by atoms with Gasteiger partial charge in [-0.25, -0.2) is 0 Å². The Morgan fingerprint density at radius 1 is 1.20 bits per heavy atom. The van der Waals surface area contributed by atoms with Gasteiger partial charge in [0.05, 0.1) is 24.3 Å². The van der Waals surface area contributed by atoms with Crippen LogP contribution < -0.4 is 9.47 Å². The van der Waals surface area contributed by atoms with Crippen LogP contribution in [-0.2, 0) is 0 Å². The molecule has 0 aromatic heterocycles. The zero-order valence-corrected chi connectivity index (χ0v) is 12.6. The summed E-state index contributed by atoms with van der Waals surface area (Å²) in [6.45, 7) is 7.12. The summed E-state index contributed by atoms with van der Waals surface area (Å²) in [5.74, 6) is 2.92. The van der Waals surface area contributed by atoms with Crippen LogP contribution in [0.4, 0.5) is 0 Å². The van der Waals surface area contributed by atoms with E-state index in [1.807, 2.05) is 13.0 Å². The Labute approximate surface area is 121 Å². The molecule has 1 aliphatic rings. The first-order valence-electron chi connectivity index (χ1n) is 7.47. The second-order valence-corrected chi connectivity index (χ2v) is 5.71. The molecule has 0 N–H and O–H groups in total. The van der Waals surface area contributed by atoms with E-state index in [-0.39, 0.29) is 6.10 Å². The number of hydrogen-bond acceptors (Lipinski definition) is 3. The van der Waals surface area contributed by atoms with E-state index in [4.69, 9.17) is 14.7 Å². The molecular formula is C17H23NO2. The number of ether oxygens (including phenoxy) is 2. The van der Waals surface area contributed by atoms with Crippen molar-refractivity contribution in [3.63, 3.8) is 0 Å². The molecule has 0 amide bonds. The first-order valence-corrected chi connectivity index (χ1v) is 7.47. The van der Waals surface area contributed by atoms with Gasteiger partial charge in [0.25, 0.3) is 0 Å². The van der Waals surface area contributed by atoms with Crippen molar-refractivity contribution in [3.8, 4) is 17.6 Å². The minimum Gasteiger partial charge on any atom is -0.490 e. The van der Waals surface area contributed by atoms with Gasteiger partial charge in [-0.3, -0.25) is 0 Å². The Kier molecular flexibility index (Phi) is 4.89. The minimum absolute atomic E-state index is 0.258. The molecular weight excluding hydrogens is 250 g/mol. The number of nitriles is 1. The summed E-state index contributed by atoms with van der Waals surface area (Å²) >= 11 is 0. The van der Waals surface area contributed by atoms with Crippen molar-refractivity contribution < 1.29 is 9.47 Å². The number of nitrogens with zero attached hydrogens (tertiary/aromatic N) is 1. The van der Waals surface area contributed by atoms with Crippen molar-refractivity contribution >= 4 is 0 Å². The second-order valence-electron chi connectivity index (χ2n) is 5.71. The molecule has 0 aliphatic heterocycles. The summed E-state index contributed by atoms with van der Waals surface area (Å²) in [4.78, 5) is 0. The quantitative estimate of drug-likeness (QED) is 0.827. The van der Waals surface area contributed by atoms with Crippen molar-refractivity contribution in [2.75, 3.05) is 6.61 Å². The highest BCUT2D eigenvalue weighted by molar-refractivity contribution is 5.46. The van der Waals surface area contributed by atoms with E-state index >= 15 is 0 Å². The van der Waals surface area contributed by atoms with E-state index in [2.05, 4.69) is 19.9 Å². The van der Waals surface area contributed by atoms with Crippen LogP contribution in [0.5, 0.6) is 11.5 Å². The lowest BCUT2D eigenvalue weighted by Crippen LogP contribution is -2.28. The molecule has 3 nitrogen and oxygen atoms in total. The highest BCUT2D eigenvalue weighted by atomic mass is 16.5. The Bertz CT molecular complexity index is 492. The zero-order valence-electron chi connectivity index (χ0n) is 12.6. The van der Waals surface area contributed by atoms with Gasteiger partial charge in [-0.05, 0) is 50.2 Å². The van der Waals surface area contributed by atoms with Crippen LogP contribution in [-0.4, -0.2) is 12.7 Å². The average molecular weight is 273 g/mol. The number of benzene rings is 1. The van der Waals surface area contributed by atoms with Crippen molar-refractivity contribution in [1.82, 2.24) is 0 Å². The normalized spacial score (nSPS) is 25.8. The first kappa shape index (κ1) is 14.7. The summed E-state index contributed by atoms with van der Waals surface area (Å²) < 4.78 is 11.7. The molecule has 1 aromatic carbocycles. The number of rotatable bonds is 4. The summed E-state index contributed by atoms with van der Waals surface area (Å²) in [6.07, 6.45) is 3.66. The van der Waals surface area contributed by atoms with Crippen molar-refractivity contribution in [1.29, 1.82) is 5.26 Å². The van der Waals surface area contributed by atoms with Crippen LogP contribution in [0.2, 0.25) is 0 Å². The van der Waals surface area contributed by atoms with Gasteiger partial charge in [0.15, 0.2) is 11.5 Å². The third-order valence-corrected chi connectivity index (χ3v) is 4.22. The highest BCUT2D eigenvalue weighted by Gasteiger charge is 2.26. The third-order valence-electron chi connectivity index (χ3n) is 4.22. The Hall–Kier alpha value is -1.69. The molecule has 1 aliphatic carbocycles. The fourth-order valence-electron chi connectivity index (χ4n) is 2.73. The van der Waals surface area contributed by atoms with E-state index < -0.39 is 0 Å². The van der Waals surface area contributed by atoms with Gasteiger partial charge in [-0.2, -0.15) is 5.26 Å². The second kappa shape index (κ2) is 6.65. The lowest BCUT2D eigenvalue weighted by atomic mass is 9.80. The largest absolute Gasteiger partial charge is 0.490 e. The van der Waals surface area contributed by atoms with Gasteiger partial charge in [0, 0.05) is 6.07 Å². The predicted molar refractivity (Wildman–Crippen MR) is 78.9 cm³/mol. The van der Waals surface area contributed by atoms with Crippen LogP contribution in [0, 0.1) is 23.2 Å². The summed E-state index contributed by atoms with van der Waals surface area (Å²) in [5, 5.41) is 8.96. The van der Waals surface area contributed by atoms with Crippen molar-refractivity contribution in [2.45, 2.75) is 46.1 Å². The molecule has 3 heteroatoms. The first-order chi connectivity index (χ1) is 9.63. The van der Waals surface area contributed by atoms with Gasteiger partial charge < -0.3 is 9.47 Å². The predicted octanol–water partition coefficient (Wildman–Crippen LogP) is 4.16. The van der Waals surface area contributed by atoms with Crippen molar-refractivity contribution in [3.05, 3.63) is 23.8 Å². The third kappa shape index (κ3) is 3.45. The number of hydrogen-bond donors (Lipinski definition) is 0. The van der Waals surface area contributed by atoms with Gasteiger partial charge in [0.2, 0.25) is 0 Å². The standard InChI is InChI=1S/C17H23NO2/c1-4-19-17-10-14(11-18)6-8-16(17)20-15-7-5-12(2)13(3)9-15/h6,8,10,12-13,15H,4-5,7,9H2,1-3H3. The molecule has 3 atom stereocenters. The molecule has 0 bridgehead atoms. The lowest BCUT2D eigenvalue weighted by molar-refractivity contribution is 0.0969. The molecule has 108 valence electrons. The van der Waals surface area contributed by atoms with E-state index in [1.54, 1.807) is 12.1 Å². The summed E-state index contributed by atoms with van der Waals surface area (Å²) in [6, 6.07) is 7.53. The van der Waals surface area contributed by atoms with E-state index in [9.17, 15) is 0 Å². The molecule has 1 fully saturated rings. The summed E-state index contributed by atoms with van der Waals surface area (Å²) in [5.41, 5.74) is 0.603. The molecule has 1 aromatic rings. The smallest absolute Gasteiger partial charge is 0.162 e. The van der Waals surface area contributed by atoms with E-state index in [0.29, 0.717) is 23.8 Å². The zero-order chi connectivity index (χ0) is 14.5. The monoisotopic (exact) mass is 273 g/mol. The molecule has 0 radical (unpaired) electrons. The average Bonchev–Trinajstić information content (AvgIpc) is 2.45. The van der Waals surface area contributed by atoms with Crippen LogP contribution in [0.15, 0.2) is 18.2 Å². The molecule has 2 rings (SSSR count). The van der Waals surface area contributed by atoms with Gasteiger partial charge in [-0.15, -0.1) is 0 Å². The lowest BCUT2D eigenvalue weighted by Gasteiger charge is -2.32. The van der Waals surface area contributed by atoms with E-state index in [1.165, 1.54) is 6.42 Å². The topological polar surface area (TPSA) is 42.2 Å². The molecule has 0 spiro atoms. The fraction of sp³-hybridized carbons (Fsp3) is 0.588. The van der Waals surface area contributed by atoms with Gasteiger partial charge >= 0.3 is 0 Å². The molecule has 3 unspecified atom stereocenters. The Morgan fingerprint density at radius 2 is 2.00 bits per heavy atom. The maximum atomic E-state index is 8.96. The Balaban J connectivity index is 2.10. The van der Waals surface area contributed by atoms with Crippen molar-refractivity contribution in [2.24, 2.45) is 11.8 Å². The molecule has 20 heavy (non-hydrogen) atoms. The Morgan fingerprint density at radius 3 is 2.65 bits per heavy atom. The molecule has 0 heterocycles. The molecule has 0 saturated heterocycles. The van der Waals surface area contributed by atoms with Gasteiger partial charge in [0.1, 0.15) is 0 Å².